The van der Waals surface area contributed by atoms with Crippen LogP contribution < -0.4 is 5.32 Å². The van der Waals surface area contributed by atoms with Crippen molar-refractivity contribution in [3.05, 3.63) is 70.8 Å². The highest BCUT2D eigenvalue weighted by Crippen LogP contribution is 2.20. The average Bonchev–Trinajstić information content (AvgIpc) is 3.02. The van der Waals surface area contributed by atoms with E-state index in [1.807, 2.05) is 42.5 Å². The van der Waals surface area contributed by atoms with Gasteiger partial charge in [-0.2, -0.15) is 13.2 Å². The Morgan fingerprint density at radius 2 is 1.59 bits per heavy atom. The van der Waals surface area contributed by atoms with E-state index in [-0.39, 0.29) is 31.7 Å². The first-order valence-corrected chi connectivity index (χ1v) is 11.1. The zero-order valence-corrected chi connectivity index (χ0v) is 18.1. The number of fused-ring (bicyclic) bond motifs is 1. The first-order chi connectivity index (χ1) is 15.3. The summed E-state index contributed by atoms with van der Waals surface area (Å²) >= 11 is 0. The second-order valence-corrected chi connectivity index (χ2v) is 8.14. The minimum absolute atomic E-state index is 0.00722. The van der Waals surface area contributed by atoms with Crippen LogP contribution in [0.1, 0.15) is 46.3 Å². The molecule has 3 rings (SSSR count). The standard InChI is InChI=1S/C25H29F3N2O2/c26-25(27,28)24(32)30(16-4-8-19-6-2-1-3-7-19)17-5-9-23(31)22-11-10-20-12-14-29-15-13-21(20)18-22/h1-3,6-7,10-11,18,29H,4-5,8-9,12-17H2. The van der Waals surface area contributed by atoms with Crippen LogP contribution in [-0.2, 0) is 24.1 Å². The molecule has 1 amide bonds. The van der Waals surface area contributed by atoms with Crippen molar-refractivity contribution in [2.75, 3.05) is 26.2 Å². The lowest BCUT2D eigenvalue weighted by atomic mass is 9.97. The Kier molecular flexibility index (Phi) is 8.45. The van der Waals surface area contributed by atoms with Crippen LogP contribution in [-0.4, -0.2) is 48.9 Å². The molecule has 1 N–H and O–H groups in total. The minimum Gasteiger partial charge on any atom is -0.335 e. The lowest BCUT2D eigenvalue weighted by Gasteiger charge is -2.23. The first kappa shape index (κ1) is 24.0. The van der Waals surface area contributed by atoms with E-state index in [1.165, 1.54) is 5.56 Å². The van der Waals surface area contributed by atoms with Crippen molar-refractivity contribution in [1.29, 1.82) is 0 Å². The highest BCUT2D eigenvalue weighted by molar-refractivity contribution is 5.96. The predicted octanol–water partition coefficient (Wildman–Crippen LogP) is 4.36. The summed E-state index contributed by atoms with van der Waals surface area (Å²) in [6.07, 6.45) is -1.82. The lowest BCUT2D eigenvalue weighted by Crippen LogP contribution is -2.42. The Morgan fingerprint density at radius 1 is 0.906 bits per heavy atom. The average molecular weight is 447 g/mol. The van der Waals surface area contributed by atoms with Gasteiger partial charge in [0.1, 0.15) is 0 Å². The number of carbonyl (C=O) groups excluding carboxylic acids is 2. The number of alkyl halides is 3. The third kappa shape index (κ3) is 6.92. The molecule has 1 aliphatic heterocycles. The molecule has 0 fully saturated rings. The van der Waals surface area contributed by atoms with E-state index >= 15 is 0 Å². The van der Waals surface area contributed by atoms with Crippen molar-refractivity contribution < 1.29 is 22.8 Å². The van der Waals surface area contributed by atoms with Crippen molar-refractivity contribution in [1.82, 2.24) is 10.2 Å². The van der Waals surface area contributed by atoms with Crippen LogP contribution in [0.2, 0.25) is 0 Å². The molecule has 0 aliphatic carbocycles. The van der Waals surface area contributed by atoms with Gasteiger partial charge in [0.25, 0.3) is 0 Å². The largest absolute Gasteiger partial charge is 0.471 e. The number of hydrogen-bond donors (Lipinski definition) is 1. The van der Waals surface area contributed by atoms with Gasteiger partial charge in [-0.25, -0.2) is 0 Å². The van der Waals surface area contributed by atoms with Gasteiger partial charge in [-0.1, -0.05) is 42.5 Å². The highest BCUT2D eigenvalue weighted by atomic mass is 19.4. The molecule has 32 heavy (non-hydrogen) atoms. The maximum atomic E-state index is 13.0. The van der Waals surface area contributed by atoms with E-state index in [0.717, 1.165) is 42.0 Å². The quantitative estimate of drug-likeness (QED) is 0.583. The maximum absolute atomic E-state index is 13.0. The molecule has 2 aromatic carbocycles. The van der Waals surface area contributed by atoms with E-state index in [9.17, 15) is 22.8 Å². The second kappa shape index (κ2) is 11.3. The van der Waals surface area contributed by atoms with Gasteiger partial charge in [0, 0.05) is 25.1 Å². The molecule has 7 heteroatoms. The molecular weight excluding hydrogens is 417 g/mol. The summed E-state index contributed by atoms with van der Waals surface area (Å²) < 4.78 is 39.1. The molecule has 0 spiro atoms. The molecule has 0 saturated carbocycles. The number of ketones is 1. The summed E-state index contributed by atoms with van der Waals surface area (Å²) in [6.45, 7) is 1.69. The van der Waals surface area contributed by atoms with Crippen LogP contribution in [0.3, 0.4) is 0 Å². The van der Waals surface area contributed by atoms with Gasteiger partial charge in [-0.3, -0.25) is 9.59 Å². The molecule has 0 unspecified atom stereocenters. The molecule has 172 valence electrons. The Morgan fingerprint density at radius 3 is 2.31 bits per heavy atom. The van der Waals surface area contributed by atoms with Gasteiger partial charge in [0.2, 0.25) is 0 Å². The number of hydrogen-bond acceptors (Lipinski definition) is 3. The fraction of sp³-hybridized carbons (Fsp3) is 0.440. The first-order valence-electron chi connectivity index (χ1n) is 11.1. The highest BCUT2D eigenvalue weighted by Gasteiger charge is 2.42. The van der Waals surface area contributed by atoms with Crippen LogP contribution in [0.15, 0.2) is 48.5 Å². The van der Waals surface area contributed by atoms with Crippen LogP contribution >= 0.6 is 0 Å². The van der Waals surface area contributed by atoms with Gasteiger partial charge in [0.05, 0.1) is 0 Å². The third-order valence-electron chi connectivity index (χ3n) is 5.77. The van der Waals surface area contributed by atoms with E-state index in [4.69, 9.17) is 0 Å². The van der Waals surface area contributed by atoms with Crippen LogP contribution in [0, 0.1) is 0 Å². The Hall–Kier alpha value is -2.67. The number of nitrogens with one attached hydrogen (secondary N) is 1. The van der Waals surface area contributed by atoms with Gasteiger partial charge in [0.15, 0.2) is 5.78 Å². The minimum atomic E-state index is -4.91. The Balaban J connectivity index is 1.54. The van der Waals surface area contributed by atoms with E-state index in [1.54, 1.807) is 6.07 Å². The molecule has 4 nitrogen and oxygen atoms in total. The second-order valence-electron chi connectivity index (χ2n) is 8.14. The monoisotopic (exact) mass is 446 g/mol. The number of nitrogens with zero attached hydrogens (tertiary/aromatic N) is 1. The number of rotatable bonds is 9. The fourth-order valence-electron chi connectivity index (χ4n) is 4.03. The molecule has 0 radical (unpaired) electrons. The third-order valence-corrected chi connectivity index (χ3v) is 5.77. The Bertz CT molecular complexity index is 913. The van der Waals surface area contributed by atoms with Gasteiger partial charge < -0.3 is 10.2 Å². The molecule has 1 aliphatic rings. The van der Waals surface area contributed by atoms with Crippen molar-refractivity contribution in [3.8, 4) is 0 Å². The van der Waals surface area contributed by atoms with Crippen molar-refractivity contribution in [3.63, 3.8) is 0 Å². The topological polar surface area (TPSA) is 49.4 Å². The lowest BCUT2D eigenvalue weighted by molar-refractivity contribution is -0.185. The molecule has 0 bridgehead atoms. The summed E-state index contributed by atoms with van der Waals surface area (Å²) in [5, 5.41) is 3.33. The fourth-order valence-corrected chi connectivity index (χ4v) is 4.03. The van der Waals surface area contributed by atoms with E-state index in [0.29, 0.717) is 18.4 Å². The molecular formula is C25H29F3N2O2. The Labute approximate surface area is 186 Å². The van der Waals surface area contributed by atoms with Crippen molar-refractivity contribution >= 4 is 11.7 Å². The maximum Gasteiger partial charge on any atom is 0.471 e. The summed E-state index contributed by atoms with van der Waals surface area (Å²) in [6, 6.07) is 15.1. The predicted molar refractivity (Wildman–Crippen MR) is 118 cm³/mol. The number of carbonyl (C=O) groups is 2. The summed E-state index contributed by atoms with van der Waals surface area (Å²) in [4.78, 5) is 25.3. The van der Waals surface area contributed by atoms with Crippen LogP contribution in [0.4, 0.5) is 13.2 Å². The van der Waals surface area contributed by atoms with E-state index in [2.05, 4.69) is 5.32 Å². The van der Waals surface area contributed by atoms with Gasteiger partial charge >= 0.3 is 12.1 Å². The molecule has 1 heterocycles. The summed E-state index contributed by atoms with van der Waals surface area (Å²) in [7, 11) is 0. The smallest absolute Gasteiger partial charge is 0.335 e. The van der Waals surface area contributed by atoms with Gasteiger partial charge in [-0.05, 0) is 68.0 Å². The van der Waals surface area contributed by atoms with Gasteiger partial charge in [-0.15, -0.1) is 0 Å². The zero-order chi connectivity index (χ0) is 23.0. The number of aryl methyl sites for hydroxylation is 1. The number of amides is 1. The number of Topliss-reactive ketones (excluding diaryl/α,β-unsaturated/α-hetero) is 1. The van der Waals surface area contributed by atoms with Crippen molar-refractivity contribution in [2.24, 2.45) is 0 Å². The SMILES string of the molecule is O=C(CCCN(CCCc1ccccc1)C(=O)C(F)(F)F)c1ccc2c(c1)CCNCC2. The van der Waals surface area contributed by atoms with Crippen LogP contribution in [0.25, 0.3) is 0 Å². The summed E-state index contributed by atoms with van der Waals surface area (Å²) in [5.41, 5.74) is 3.98. The van der Waals surface area contributed by atoms with Crippen molar-refractivity contribution in [2.45, 2.75) is 44.7 Å². The zero-order valence-electron chi connectivity index (χ0n) is 18.1. The normalized spacial score (nSPS) is 13.8. The summed E-state index contributed by atoms with van der Waals surface area (Å²) in [5.74, 6) is -1.94. The molecule has 0 aromatic heterocycles. The molecule has 0 saturated heterocycles. The number of halogens is 3. The van der Waals surface area contributed by atoms with E-state index < -0.39 is 12.1 Å². The molecule has 2 aromatic rings. The number of benzene rings is 2. The van der Waals surface area contributed by atoms with Crippen LogP contribution in [0.5, 0.6) is 0 Å². The molecule has 0 atom stereocenters.